The zero-order chi connectivity index (χ0) is 26.4. The van der Waals surface area contributed by atoms with Gasteiger partial charge in [-0.25, -0.2) is 0 Å². The summed E-state index contributed by atoms with van der Waals surface area (Å²) < 4.78 is 5.42. The lowest BCUT2D eigenvalue weighted by molar-refractivity contribution is -0.139. The Bertz CT molecular complexity index is 1420. The molecule has 1 heterocycles. The van der Waals surface area contributed by atoms with Gasteiger partial charge in [-0.3, -0.25) is 14.4 Å². The van der Waals surface area contributed by atoms with Crippen LogP contribution in [0, 0.1) is 6.92 Å². The van der Waals surface area contributed by atoms with Crippen LogP contribution in [0.4, 0.5) is 0 Å². The minimum atomic E-state index is -1.12. The van der Waals surface area contributed by atoms with Crippen molar-refractivity contribution in [3.05, 3.63) is 111 Å². The molecule has 1 atom stereocenters. The second-order valence-electron chi connectivity index (χ2n) is 8.35. The zero-order valence-corrected chi connectivity index (χ0v) is 21.3. The van der Waals surface area contributed by atoms with Crippen molar-refractivity contribution < 1.29 is 18.9 Å². The number of hydrogen-bond acceptors (Lipinski definition) is 5. The lowest BCUT2D eigenvalue weighted by Gasteiger charge is -2.18. The van der Waals surface area contributed by atoms with Crippen molar-refractivity contribution in [1.82, 2.24) is 15.8 Å². The maximum atomic E-state index is 13.4. The molecule has 1 unspecified atom stereocenters. The summed E-state index contributed by atoms with van der Waals surface area (Å²) in [6, 6.07) is 22.0. The highest BCUT2D eigenvalue weighted by Crippen LogP contribution is 2.26. The Morgan fingerprint density at radius 2 is 1.57 bits per heavy atom. The fourth-order valence-corrected chi connectivity index (χ4v) is 4.11. The second-order valence-corrected chi connectivity index (χ2v) is 9.16. The van der Waals surface area contributed by atoms with E-state index in [2.05, 4.69) is 15.8 Å². The van der Waals surface area contributed by atoms with E-state index in [0.29, 0.717) is 26.9 Å². The van der Waals surface area contributed by atoms with Gasteiger partial charge < -0.3 is 15.2 Å². The number of aromatic nitrogens is 1. The van der Waals surface area contributed by atoms with Gasteiger partial charge in [-0.05, 0) is 30.2 Å². The third kappa shape index (κ3) is 6.44. The van der Waals surface area contributed by atoms with Gasteiger partial charge in [0.2, 0.25) is 5.78 Å². The monoisotopic (exact) mass is 535 g/mol. The average Bonchev–Trinajstić information content (AvgIpc) is 3.30. The van der Waals surface area contributed by atoms with Crippen molar-refractivity contribution in [2.45, 2.75) is 25.9 Å². The Morgan fingerprint density at radius 3 is 2.24 bits per heavy atom. The molecule has 0 radical (unpaired) electrons. The highest BCUT2D eigenvalue weighted by Gasteiger charge is 2.30. The molecule has 0 saturated heterocycles. The molecule has 0 aliphatic carbocycles. The summed E-state index contributed by atoms with van der Waals surface area (Å²) in [7, 11) is 0. The van der Waals surface area contributed by atoms with Crippen LogP contribution in [-0.2, 0) is 22.6 Å². The molecule has 9 heteroatoms. The Hall–Kier alpha value is -3.94. The van der Waals surface area contributed by atoms with Crippen molar-refractivity contribution in [3.63, 3.8) is 0 Å². The molecule has 0 aliphatic rings. The largest absolute Gasteiger partial charge is 0.355 e. The minimum absolute atomic E-state index is 0.0659. The van der Waals surface area contributed by atoms with Crippen molar-refractivity contribution in [3.8, 4) is 11.3 Å². The number of nitrogens with zero attached hydrogens (tertiary/aromatic N) is 1. The van der Waals surface area contributed by atoms with Gasteiger partial charge in [0.05, 0.1) is 15.7 Å². The van der Waals surface area contributed by atoms with Crippen LogP contribution in [0.25, 0.3) is 11.3 Å². The summed E-state index contributed by atoms with van der Waals surface area (Å²) in [6.45, 7) is 1.71. The number of nitrogens with one attached hydrogen (secondary N) is 2. The molecule has 4 aromatic rings. The van der Waals surface area contributed by atoms with Gasteiger partial charge in [-0.2, -0.15) is 0 Å². The Kier molecular flexibility index (Phi) is 8.38. The number of hydrogen-bond donors (Lipinski definition) is 2. The van der Waals surface area contributed by atoms with Crippen LogP contribution < -0.4 is 10.6 Å². The standard InChI is InChI=1S/C28H23Cl2N3O4/c1-17-24(26(37-33-17)20-10-6-3-7-11-20)27(35)32-23(15-18-8-4-2-5-9-18)25(34)28(36)31-16-19-12-13-21(29)22(30)14-19/h2-14,23H,15-16H2,1H3,(H,31,36)(H,32,35). The van der Waals surface area contributed by atoms with Gasteiger partial charge >= 0.3 is 0 Å². The molecule has 0 spiro atoms. The van der Waals surface area contributed by atoms with Crippen molar-refractivity contribution in [2.24, 2.45) is 0 Å². The molecule has 2 N–H and O–H groups in total. The van der Waals surface area contributed by atoms with Crippen LogP contribution in [-0.4, -0.2) is 28.8 Å². The highest BCUT2D eigenvalue weighted by molar-refractivity contribution is 6.42. The molecular formula is C28H23Cl2N3O4. The smallest absolute Gasteiger partial charge is 0.289 e. The van der Waals surface area contributed by atoms with Gasteiger partial charge in [0.15, 0.2) is 5.76 Å². The summed E-state index contributed by atoms with van der Waals surface area (Å²) in [5.74, 6) is -1.90. The topological polar surface area (TPSA) is 101 Å². The molecule has 0 bridgehead atoms. The highest BCUT2D eigenvalue weighted by atomic mass is 35.5. The maximum absolute atomic E-state index is 13.4. The molecule has 0 fully saturated rings. The van der Waals surface area contributed by atoms with Crippen LogP contribution in [0.15, 0.2) is 83.4 Å². The van der Waals surface area contributed by atoms with E-state index in [1.165, 1.54) is 0 Å². The average molecular weight is 536 g/mol. The van der Waals surface area contributed by atoms with Gasteiger partial charge in [-0.15, -0.1) is 0 Å². The van der Waals surface area contributed by atoms with E-state index in [1.807, 2.05) is 48.5 Å². The van der Waals surface area contributed by atoms with E-state index in [0.717, 1.165) is 5.56 Å². The first-order chi connectivity index (χ1) is 17.8. The van der Waals surface area contributed by atoms with Crippen LogP contribution in [0.3, 0.4) is 0 Å². The van der Waals surface area contributed by atoms with Crippen LogP contribution in [0.2, 0.25) is 10.0 Å². The van der Waals surface area contributed by atoms with Crippen molar-refractivity contribution in [2.75, 3.05) is 0 Å². The zero-order valence-electron chi connectivity index (χ0n) is 19.8. The van der Waals surface area contributed by atoms with Gasteiger partial charge in [0.1, 0.15) is 11.6 Å². The van der Waals surface area contributed by atoms with Crippen molar-refractivity contribution >= 4 is 40.8 Å². The number of benzene rings is 3. The van der Waals surface area contributed by atoms with Gasteiger partial charge in [-0.1, -0.05) is 95.1 Å². The normalized spacial score (nSPS) is 11.5. The second kappa shape index (κ2) is 11.9. The van der Waals surface area contributed by atoms with E-state index in [4.69, 9.17) is 27.7 Å². The van der Waals surface area contributed by atoms with E-state index >= 15 is 0 Å². The quantitative estimate of drug-likeness (QED) is 0.287. The first-order valence-corrected chi connectivity index (χ1v) is 12.2. The molecule has 7 nitrogen and oxygen atoms in total. The molecule has 0 saturated carbocycles. The van der Waals surface area contributed by atoms with Gasteiger partial charge in [0, 0.05) is 18.5 Å². The molecular weight excluding hydrogens is 513 g/mol. The summed E-state index contributed by atoms with van der Waals surface area (Å²) in [6.07, 6.45) is 0.122. The lowest BCUT2D eigenvalue weighted by Crippen LogP contribution is -2.48. The number of Topliss-reactive ketones (excluding diaryl/α,β-unsaturated/α-hetero) is 1. The summed E-state index contributed by atoms with van der Waals surface area (Å²) in [5.41, 5.74) is 2.69. The molecule has 4 rings (SSSR count). The number of amides is 2. The number of carbonyl (C=O) groups is 3. The summed E-state index contributed by atoms with van der Waals surface area (Å²) >= 11 is 12.0. The fourth-order valence-electron chi connectivity index (χ4n) is 3.79. The Balaban J connectivity index is 1.54. The van der Waals surface area contributed by atoms with E-state index < -0.39 is 23.6 Å². The minimum Gasteiger partial charge on any atom is -0.355 e. The Labute approximate surface area is 223 Å². The summed E-state index contributed by atoms with van der Waals surface area (Å²) in [5, 5.41) is 9.99. The number of ketones is 1. The number of halogens is 2. The fraction of sp³-hybridized carbons (Fsp3) is 0.143. The number of aryl methyl sites for hydroxylation is 1. The third-order valence-corrected chi connectivity index (χ3v) is 6.43. The maximum Gasteiger partial charge on any atom is 0.289 e. The van der Waals surface area contributed by atoms with Crippen LogP contribution in [0.5, 0.6) is 0 Å². The Morgan fingerprint density at radius 1 is 0.892 bits per heavy atom. The first-order valence-electron chi connectivity index (χ1n) is 11.5. The van der Waals surface area contributed by atoms with Crippen LogP contribution in [0.1, 0.15) is 27.2 Å². The van der Waals surface area contributed by atoms with E-state index in [9.17, 15) is 14.4 Å². The van der Waals surface area contributed by atoms with E-state index in [1.54, 1.807) is 37.3 Å². The van der Waals surface area contributed by atoms with Crippen LogP contribution >= 0.6 is 23.2 Å². The first kappa shape index (κ1) is 26.1. The summed E-state index contributed by atoms with van der Waals surface area (Å²) in [4.78, 5) is 39.4. The molecule has 37 heavy (non-hydrogen) atoms. The van der Waals surface area contributed by atoms with Crippen molar-refractivity contribution in [1.29, 1.82) is 0 Å². The predicted octanol–water partition coefficient (Wildman–Crippen LogP) is 5.18. The predicted molar refractivity (Wildman–Crippen MR) is 141 cm³/mol. The van der Waals surface area contributed by atoms with E-state index in [-0.39, 0.29) is 24.3 Å². The van der Waals surface area contributed by atoms with Gasteiger partial charge in [0.25, 0.3) is 11.8 Å². The molecule has 0 aliphatic heterocycles. The molecule has 2 amide bonds. The molecule has 188 valence electrons. The molecule has 3 aromatic carbocycles. The molecule has 1 aromatic heterocycles. The SMILES string of the molecule is Cc1noc(-c2ccccc2)c1C(=O)NC(Cc1ccccc1)C(=O)C(=O)NCc1ccc(Cl)c(Cl)c1. The lowest BCUT2D eigenvalue weighted by atomic mass is 10.00. The third-order valence-electron chi connectivity index (χ3n) is 5.69. The number of rotatable bonds is 9. The number of carbonyl (C=O) groups excluding carboxylic acids is 3.